The molecule has 0 atom stereocenters. The maximum atomic E-state index is 13.4. The van der Waals surface area contributed by atoms with Gasteiger partial charge in [-0.25, -0.2) is 9.51 Å². The molecule has 5 rings (SSSR count). The van der Waals surface area contributed by atoms with E-state index in [1.54, 1.807) is 30.3 Å². The Balaban J connectivity index is 1.65. The monoisotopic (exact) mass is 474 g/mol. The van der Waals surface area contributed by atoms with Gasteiger partial charge in [-0.2, -0.15) is 8.42 Å². The molecule has 0 saturated carbocycles. The number of hydrogen-bond acceptors (Lipinski definition) is 4. The molecule has 6 nitrogen and oxygen atoms in total. The van der Waals surface area contributed by atoms with Crippen molar-refractivity contribution in [1.29, 1.82) is 0 Å². The summed E-state index contributed by atoms with van der Waals surface area (Å²) < 4.78 is 28.2. The molecule has 8 heteroatoms. The van der Waals surface area contributed by atoms with Gasteiger partial charge in [-0.3, -0.25) is 0 Å². The molecule has 1 aromatic heterocycles. The highest BCUT2D eigenvalue weighted by atomic mass is 35.5. The van der Waals surface area contributed by atoms with Crippen LogP contribution < -0.4 is 4.83 Å². The molecule has 33 heavy (non-hydrogen) atoms. The Morgan fingerprint density at radius 3 is 2.24 bits per heavy atom. The van der Waals surface area contributed by atoms with Gasteiger partial charge in [0.2, 0.25) is 0 Å². The largest absolute Gasteiger partial charge is 0.275 e. The van der Waals surface area contributed by atoms with Crippen molar-refractivity contribution in [2.45, 2.75) is 11.8 Å². The van der Waals surface area contributed by atoms with Gasteiger partial charge in [0.1, 0.15) is 0 Å². The smallest absolute Gasteiger partial charge is 0.213 e. The van der Waals surface area contributed by atoms with Gasteiger partial charge in [-0.1, -0.05) is 78.3 Å². The van der Waals surface area contributed by atoms with Crippen molar-refractivity contribution in [3.8, 4) is 22.8 Å². The van der Waals surface area contributed by atoms with Crippen molar-refractivity contribution in [2.75, 3.05) is 4.83 Å². The van der Waals surface area contributed by atoms with Crippen LogP contribution in [-0.2, 0) is 10.0 Å². The number of sulfonamides is 1. The minimum atomic E-state index is -3.97. The Kier molecular flexibility index (Phi) is 5.36. The maximum Gasteiger partial charge on any atom is 0.275 e. The Hall–Kier alpha value is -3.68. The summed E-state index contributed by atoms with van der Waals surface area (Å²) in [7, 11) is -3.97. The van der Waals surface area contributed by atoms with E-state index in [4.69, 9.17) is 11.6 Å². The number of hydrogen-bond donors (Lipinski definition) is 1. The van der Waals surface area contributed by atoms with Crippen molar-refractivity contribution < 1.29 is 8.42 Å². The van der Waals surface area contributed by atoms with Crippen LogP contribution in [0, 0.1) is 6.92 Å². The van der Waals surface area contributed by atoms with Crippen LogP contribution >= 0.6 is 11.6 Å². The first-order chi connectivity index (χ1) is 15.9. The van der Waals surface area contributed by atoms with E-state index in [2.05, 4.69) is 15.0 Å². The van der Waals surface area contributed by atoms with Gasteiger partial charge in [0.25, 0.3) is 10.0 Å². The first-order valence-corrected chi connectivity index (χ1v) is 12.1. The van der Waals surface area contributed by atoms with Crippen LogP contribution in [0.15, 0.2) is 95.9 Å². The van der Waals surface area contributed by atoms with Gasteiger partial charge < -0.3 is 0 Å². The van der Waals surface area contributed by atoms with Crippen molar-refractivity contribution in [3.63, 3.8) is 0 Å². The molecule has 0 aliphatic heterocycles. The van der Waals surface area contributed by atoms with Crippen molar-refractivity contribution in [1.82, 2.24) is 14.9 Å². The van der Waals surface area contributed by atoms with Crippen LogP contribution in [0.2, 0.25) is 5.02 Å². The Bertz CT molecular complexity index is 1580. The van der Waals surface area contributed by atoms with Crippen molar-refractivity contribution >= 4 is 32.4 Å². The molecule has 5 aromatic rings. The van der Waals surface area contributed by atoms with E-state index in [1.165, 1.54) is 4.68 Å². The molecular formula is C25H19ClN4O2S. The molecule has 1 heterocycles. The topological polar surface area (TPSA) is 76.9 Å². The molecule has 4 aromatic carbocycles. The zero-order valence-corrected chi connectivity index (χ0v) is 19.2. The lowest BCUT2D eigenvalue weighted by Gasteiger charge is -2.15. The predicted octanol–water partition coefficient (Wildman–Crippen LogP) is 5.66. The predicted molar refractivity (Wildman–Crippen MR) is 131 cm³/mol. The minimum absolute atomic E-state index is 0.134. The zero-order chi connectivity index (χ0) is 23.0. The highest BCUT2D eigenvalue weighted by Crippen LogP contribution is 2.30. The Morgan fingerprint density at radius 1 is 0.788 bits per heavy atom. The van der Waals surface area contributed by atoms with Gasteiger partial charge in [-0.05, 0) is 47.5 Å². The first kappa shape index (κ1) is 21.2. The molecule has 0 saturated heterocycles. The molecule has 0 fully saturated rings. The summed E-state index contributed by atoms with van der Waals surface area (Å²) in [4.78, 5) is 2.79. The van der Waals surface area contributed by atoms with Gasteiger partial charge in [0, 0.05) is 11.1 Å². The molecular weight excluding hydrogens is 456 g/mol. The second kappa shape index (κ2) is 8.35. The van der Waals surface area contributed by atoms with Crippen LogP contribution in [-0.4, -0.2) is 23.3 Å². The molecule has 0 aliphatic rings. The normalized spacial score (nSPS) is 11.6. The fourth-order valence-corrected chi connectivity index (χ4v) is 5.00. The zero-order valence-electron chi connectivity index (χ0n) is 17.6. The van der Waals surface area contributed by atoms with E-state index in [-0.39, 0.29) is 4.90 Å². The van der Waals surface area contributed by atoms with Gasteiger partial charge >= 0.3 is 0 Å². The molecule has 0 amide bonds. The number of halogens is 1. The maximum absolute atomic E-state index is 13.4. The van der Waals surface area contributed by atoms with Crippen LogP contribution in [0.1, 0.15) is 5.56 Å². The van der Waals surface area contributed by atoms with Crippen LogP contribution in [0.5, 0.6) is 0 Å². The number of benzene rings is 4. The molecule has 0 bridgehead atoms. The van der Waals surface area contributed by atoms with E-state index in [0.29, 0.717) is 27.8 Å². The summed E-state index contributed by atoms with van der Waals surface area (Å²) in [6.45, 7) is 1.93. The number of aryl methyl sites for hydroxylation is 1. The summed E-state index contributed by atoms with van der Waals surface area (Å²) in [5.41, 5.74) is 2.26. The number of fused-ring (bicyclic) bond motifs is 1. The molecule has 0 unspecified atom stereocenters. The highest BCUT2D eigenvalue weighted by molar-refractivity contribution is 7.92. The van der Waals surface area contributed by atoms with Crippen molar-refractivity contribution in [3.05, 3.63) is 102 Å². The number of aromatic nitrogens is 3. The number of rotatable bonds is 5. The molecule has 0 spiro atoms. The third kappa shape index (κ3) is 4.08. The first-order valence-electron chi connectivity index (χ1n) is 10.2. The lowest BCUT2D eigenvalue weighted by molar-refractivity contribution is 0.595. The standard InChI is InChI=1S/C25H19ClN4O2S/c1-17-11-14-22(23(26)15-17)25-28-27-24(19-8-3-2-4-9-19)30(25)29-33(31,32)21-13-12-18-7-5-6-10-20(18)16-21/h2-16,29H,1H3. The quantitative estimate of drug-likeness (QED) is 0.356. The average molecular weight is 475 g/mol. The highest BCUT2D eigenvalue weighted by Gasteiger charge is 2.23. The van der Waals surface area contributed by atoms with Crippen LogP contribution in [0.25, 0.3) is 33.5 Å². The van der Waals surface area contributed by atoms with E-state index in [9.17, 15) is 8.42 Å². The summed E-state index contributed by atoms with van der Waals surface area (Å²) in [6, 6.07) is 27.3. The SMILES string of the molecule is Cc1ccc(-c2nnc(-c3ccccc3)n2NS(=O)(=O)c2ccc3ccccc3c2)c(Cl)c1. The van der Waals surface area contributed by atoms with E-state index in [0.717, 1.165) is 16.3 Å². The Morgan fingerprint density at radius 2 is 1.48 bits per heavy atom. The van der Waals surface area contributed by atoms with Crippen LogP contribution in [0.4, 0.5) is 0 Å². The number of nitrogens with one attached hydrogen (secondary N) is 1. The second-order valence-corrected chi connectivity index (χ2v) is 9.70. The lowest BCUT2D eigenvalue weighted by Crippen LogP contribution is -2.25. The fourth-order valence-electron chi connectivity index (χ4n) is 3.63. The van der Waals surface area contributed by atoms with E-state index >= 15 is 0 Å². The summed E-state index contributed by atoms with van der Waals surface area (Å²) in [5.74, 6) is 0.648. The van der Waals surface area contributed by atoms with Crippen LogP contribution in [0.3, 0.4) is 0 Å². The second-order valence-electron chi connectivity index (χ2n) is 7.64. The third-order valence-electron chi connectivity index (χ3n) is 5.30. The average Bonchev–Trinajstić information content (AvgIpc) is 3.21. The van der Waals surface area contributed by atoms with Gasteiger partial charge in [0.15, 0.2) is 11.6 Å². The van der Waals surface area contributed by atoms with Gasteiger partial charge in [0.05, 0.1) is 9.92 Å². The minimum Gasteiger partial charge on any atom is -0.213 e. The van der Waals surface area contributed by atoms with E-state index in [1.807, 2.05) is 67.6 Å². The third-order valence-corrected chi connectivity index (χ3v) is 6.91. The number of nitrogens with zero attached hydrogens (tertiary/aromatic N) is 3. The molecule has 1 N–H and O–H groups in total. The summed E-state index contributed by atoms with van der Waals surface area (Å²) in [6.07, 6.45) is 0. The fraction of sp³-hybridized carbons (Fsp3) is 0.0400. The summed E-state index contributed by atoms with van der Waals surface area (Å²) >= 11 is 6.49. The summed E-state index contributed by atoms with van der Waals surface area (Å²) in [5, 5.41) is 10.8. The molecule has 164 valence electrons. The lowest BCUT2D eigenvalue weighted by atomic mass is 10.1. The Labute approximate surface area is 196 Å². The van der Waals surface area contributed by atoms with Gasteiger partial charge in [-0.15, -0.1) is 10.2 Å². The van der Waals surface area contributed by atoms with Crippen molar-refractivity contribution in [2.24, 2.45) is 0 Å². The molecule has 0 aliphatic carbocycles. The van der Waals surface area contributed by atoms with E-state index < -0.39 is 10.0 Å². The molecule has 0 radical (unpaired) electrons.